The Hall–Kier alpha value is -1.02. The van der Waals surface area contributed by atoms with Gasteiger partial charge in [0.15, 0.2) is 5.96 Å². The van der Waals surface area contributed by atoms with Gasteiger partial charge in [0, 0.05) is 31.7 Å². The van der Waals surface area contributed by atoms with Crippen LogP contribution in [0.4, 0.5) is 0 Å². The SMILES string of the molecule is CCOc1cc(C)ccc1CNC(=NC)NCC(C1CC1)N(C)C.I. The molecule has 1 aliphatic carbocycles. The molecular weight excluding hydrogens is 427 g/mol. The average Bonchev–Trinajstić information content (AvgIpc) is 3.37. The second-order valence-electron chi connectivity index (χ2n) is 6.72. The van der Waals surface area contributed by atoms with Gasteiger partial charge in [-0.25, -0.2) is 0 Å². The highest BCUT2D eigenvalue weighted by molar-refractivity contribution is 14.0. The number of hydrogen-bond acceptors (Lipinski definition) is 3. The van der Waals surface area contributed by atoms with Crippen molar-refractivity contribution in [2.45, 2.75) is 39.3 Å². The van der Waals surface area contributed by atoms with E-state index in [-0.39, 0.29) is 24.0 Å². The Morgan fingerprint density at radius 3 is 2.60 bits per heavy atom. The highest BCUT2D eigenvalue weighted by atomic mass is 127. The molecule has 1 atom stereocenters. The maximum atomic E-state index is 5.75. The number of aryl methyl sites for hydroxylation is 1. The quantitative estimate of drug-likeness (QED) is 0.356. The van der Waals surface area contributed by atoms with Gasteiger partial charge in [-0.15, -0.1) is 24.0 Å². The summed E-state index contributed by atoms with van der Waals surface area (Å²) in [5.41, 5.74) is 2.36. The van der Waals surface area contributed by atoms with Crippen LogP contribution in [0.1, 0.15) is 30.9 Å². The fourth-order valence-corrected chi connectivity index (χ4v) is 2.95. The molecule has 1 saturated carbocycles. The standard InChI is InChI=1S/C19H32N4O.HI/c1-6-24-18-11-14(2)7-8-16(18)12-21-19(20-3)22-13-17(23(4)5)15-9-10-15;/h7-8,11,15,17H,6,9-10,12-13H2,1-5H3,(H2,20,21,22);1H. The third kappa shape index (κ3) is 7.01. The summed E-state index contributed by atoms with van der Waals surface area (Å²) in [6, 6.07) is 6.89. The molecule has 1 aliphatic rings. The third-order valence-electron chi connectivity index (χ3n) is 4.50. The molecule has 6 heteroatoms. The number of nitrogens with one attached hydrogen (secondary N) is 2. The lowest BCUT2D eigenvalue weighted by Gasteiger charge is -2.25. The lowest BCUT2D eigenvalue weighted by Crippen LogP contribution is -2.45. The number of aliphatic imine (C=N–C) groups is 1. The Bertz CT molecular complexity index is 556. The predicted molar refractivity (Wildman–Crippen MR) is 116 cm³/mol. The summed E-state index contributed by atoms with van der Waals surface area (Å²) >= 11 is 0. The minimum Gasteiger partial charge on any atom is -0.494 e. The fraction of sp³-hybridized carbons (Fsp3) is 0.632. The van der Waals surface area contributed by atoms with Crippen molar-refractivity contribution < 1.29 is 4.74 Å². The van der Waals surface area contributed by atoms with Crippen molar-refractivity contribution >= 4 is 29.9 Å². The minimum absolute atomic E-state index is 0. The van der Waals surface area contributed by atoms with Gasteiger partial charge in [0.25, 0.3) is 0 Å². The van der Waals surface area contributed by atoms with Gasteiger partial charge in [-0.3, -0.25) is 4.99 Å². The van der Waals surface area contributed by atoms with Crippen molar-refractivity contribution in [1.82, 2.24) is 15.5 Å². The van der Waals surface area contributed by atoms with E-state index >= 15 is 0 Å². The molecule has 1 fully saturated rings. The number of hydrogen-bond donors (Lipinski definition) is 2. The largest absolute Gasteiger partial charge is 0.494 e. The van der Waals surface area contributed by atoms with E-state index in [1.54, 1.807) is 0 Å². The van der Waals surface area contributed by atoms with E-state index in [1.165, 1.54) is 18.4 Å². The molecule has 25 heavy (non-hydrogen) atoms. The molecule has 0 bridgehead atoms. The van der Waals surface area contributed by atoms with Gasteiger partial charge in [0.2, 0.25) is 0 Å². The Balaban J connectivity index is 0.00000312. The van der Waals surface area contributed by atoms with Gasteiger partial charge >= 0.3 is 0 Å². The van der Waals surface area contributed by atoms with Gasteiger partial charge in [-0.1, -0.05) is 12.1 Å². The number of rotatable bonds is 8. The Labute approximate surface area is 169 Å². The number of nitrogens with zero attached hydrogens (tertiary/aromatic N) is 2. The normalized spacial score (nSPS) is 15.5. The van der Waals surface area contributed by atoms with Crippen LogP contribution in [0.25, 0.3) is 0 Å². The zero-order valence-electron chi connectivity index (χ0n) is 16.1. The maximum Gasteiger partial charge on any atom is 0.191 e. The van der Waals surface area contributed by atoms with E-state index in [1.807, 2.05) is 14.0 Å². The van der Waals surface area contributed by atoms with Crippen molar-refractivity contribution in [3.63, 3.8) is 0 Å². The van der Waals surface area contributed by atoms with Crippen LogP contribution in [0.15, 0.2) is 23.2 Å². The summed E-state index contributed by atoms with van der Waals surface area (Å²) in [5.74, 6) is 2.61. The van der Waals surface area contributed by atoms with Gasteiger partial charge in [-0.2, -0.15) is 0 Å². The molecule has 0 radical (unpaired) electrons. The molecule has 0 heterocycles. The molecule has 142 valence electrons. The molecule has 0 amide bonds. The van der Waals surface area contributed by atoms with Crippen LogP contribution >= 0.6 is 24.0 Å². The summed E-state index contributed by atoms with van der Waals surface area (Å²) < 4.78 is 5.75. The van der Waals surface area contributed by atoms with Crippen LogP contribution in [0.5, 0.6) is 5.75 Å². The number of halogens is 1. The third-order valence-corrected chi connectivity index (χ3v) is 4.50. The molecule has 5 nitrogen and oxygen atoms in total. The summed E-state index contributed by atoms with van der Waals surface area (Å²) in [6.07, 6.45) is 2.69. The predicted octanol–water partition coefficient (Wildman–Crippen LogP) is 3.02. The topological polar surface area (TPSA) is 48.9 Å². The van der Waals surface area contributed by atoms with E-state index in [0.29, 0.717) is 19.2 Å². The van der Waals surface area contributed by atoms with Gasteiger partial charge in [-0.05, 0) is 58.3 Å². The van der Waals surface area contributed by atoms with Crippen LogP contribution in [0.2, 0.25) is 0 Å². The van der Waals surface area contributed by atoms with Gasteiger partial charge in [0.1, 0.15) is 5.75 Å². The summed E-state index contributed by atoms with van der Waals surface area (Å²) in [5, 5.41) is 6.86. The van der Waals surface area contributed by atoms with Crippen molar-refractivity contribution in [2.75, 3.05) is 34.3 Å². The van der Waals surface area contributed by atoms with E-state index in [0.717, 1.165) is 29.7 Å². The van der Waals surface area contributed by atoms with Gasteiger partial charge < -0.3 is 20.3 Å². The molecule has 0 saturated heterocycles. The molecule has 0 spiro atoms. The van der Waals surface area contributed by atoms with E-state index in [4.69, 9.17) is 4.74 Å². The number of ether oxygens (including phenoxy) is 1. The molecular formula is C19H33IN4O. The maximum absolute atomic E-state index is 5.75. The van der Waals surface area contributed by atoms with Crippen LogP contribution in [-0.2, 0) is 6.54 Å². The number of likely N-dealkylation sites (N-methyl/N-ethyl adjacent to an activating group) is 1. The highest BCUT2D eigenvalue weighted by Gasteiger charge is 2.32. The first-order valence-corrected chi connectivity index (χ1v) is 8.88. The van der Waals surface area contributed by atoms with Crippen molar-refractivity contribution in [3.8, 4) is 5.75 Å². The number of benzene rings is 1. The zero-order chi connectivity index (χ0) is 17.5. The lowest BCUT2D eigenvalue weighted by molar-refractivity contribution is 0.264. The Morgan fingerprint density at radius 2 is 2.04 bits per heavy atom. The first-order valence-electron chi connectivity index (χ1n) is 8.88. The smallest absolute Gasteiger partial charge is 0.191 e. The molecule has 1 aromatic rings. The second kappa shape index (κ2) is 10.9. The Kier molecular flexibility index (Phi) is 9.56. The molecule has 2 rings (SSSR count). The summed E-state index contributed by atoms with van der Waals surface area (Å²) in [7, 11) is 6.12. The summed E-state index contributed by atoms with van der Waals surface area (Å²) in [4.78, 5) is 6.65. The lowest BCUT2D eigenvalue weighted by atomic mass is 10.1. The molecule has 2 N–H and O–H groups in total. The molecule has 0 aromatic heterocycles. The zero-order valence-corrected chi connectivity index (χ0v) is 18.5. The van der Waals surface area contributed by atoms with Crippen molar-refractivity contribution in [3.05, 3.63) is 29.3 Å². The molecule has 1 unspecified atom stereocenters. The van der Waals surface area contributed by atoms with Crippen molar-refractivity contribution in [1.29, 1.82) is 0 Å². The summed E-state index contributed by atoms with van der Waals surface area (Å²) in [6.45, 7) is 6.39. The van der Waals surface area contributed by atoms with E-state index in [2.05, 4.69) is 59.7 Å². The van der Waals surface area contributed by atoms with Crippen LogP contribution in [-0.4, -0.2) is 51.2 Å². The second-order valence-corrected chi connectivity index (χ2v) is 6.72. The number of guanidine groups is 1. The minimum atomic E-state index is 0. The average molecular weight is 460 g/mol. The van der Waals surface area contributed by atoms with E-state index < -0.39 is 0 Å². The Morgan fingerprint density at radius 1 is 1.32 bits per heavy atom. The van der Waals surface area contributed by atoms with Crippen LogP contribution < -0.4 is 15.4 Å². The monoisotopic (exact) mass is 460 g/mol. The first kappa shape index (κ1) is 22.0. The van der Waals surface area contributed by atoms with Crippen LogP contribution in [0, 0.1) is 12.8 Å². The molecule has 1 aromatic carbocycles. The highest BCUT2D eigenvalue weighted by Crippen LogP contribution is 2.34. The van der Waals surface area contributed by atoms with E-state index in [9.17, 15) is 0 Å². The fourth-order valence-electron chi connectivity index (χ4n) is 2.95. The van der Waals surface area contributed by atoms with Gasteiger partial charge in [0.05, 0.1) is 6.61 Å². The first-order chi connectivity index (χ1) is 11.5. The van der Waals surface area contributed by atoms with Crippen molar-refractivity contribution in [2.24, 2.45) is 10.9 Å². The molecule has 0 aliphatic heterocycles. The van der Waals surface area contributed by atoms with Crippen LogP contribution in [0.3, 0.4) is 0 Å².